The first kappa shape index (κ1) is 19.4. The standard InChI is InChI=1S/C18H17Cl3N2O2/c1-11(2)10-25-13-5-3-12(4-6-13)22-9-18(24)23-17-8-15(20)14(19)7-16(17)21/h3-8,22H,1,9-10H2,2H3,(H,23,24). The maximum absolute atomic E-state index is 12.0. The van der Waals surface area contributed by atoms with E-state index < -0.39 is 0 Å². The molecular formula is C18H17Cl3N2O2. The van der Waals surface area contributed by atoms with E-state index in [1.165, 1.54) is 12.1 Å². The monoisotopic (exact) mass is 398 g/mol. The molecule has 0 saturated carbocycles. The molecule has 25 heavy (non-hydrogen) atoms. The van der Waals surface area contributed by atoms with Crippen molar-refractivity contribution in [3.05, 3.63) is 63.6 Å². The van der Waals surface area contributed by atoms with Crippen LogP contribution >= 0.6 is 34.8 Å². The molecule has 0 unspecified atom stereocenters. The number of carbonyl (C=O) groups is 1. The predicted molar refractivity (Wildman–Crippen MR) is 105 cm³/mol. The fourth-order valence-corrected chi connectivity index (χ4v) is 2.46. The van der Waals surface area contributed by atoms with Gasteiger partial charge in [-0.05, 0) is 48.9 Å². The number of carbonyl (C=O) groups excluding carboxylic acids is 1. The number of hydrogen-bond acceptors (Lipinski definition) is 3. The van der Waals surface area contributed by atoms with E-state index in [0.717, 1.165) is 17.0 Å². The minimum Gasteiger partial charge on any atom is -0.489 e. The van der Waals surface area contributed by atoms with Gasteiger partial charge in [0.1, 0.15) is 12.4 Å². The average Bonchev–Trinajstić information content (AvgIpc) is 2.57. The summed E-state index contributed by atoms with van der Waals surface area (Å²) in [4.78, 5) is 12.0. The van der Waals surface area contributed by atoms with Crippen LogP contribution in [0.2, 0.25) is 15.1 Å². The molecule has 4 nitrogen and oxygen atoms in total. The first-order chi connectivity index (χ1) is 11.8. The second-order valence-corrected chi connectivity index (χ2v) is 6.64. The number of halogens is 3. The number of nitrogens with one attached hydrogen (secondary N) is 2. The summed E-state index contributed by atoms with van der Waals surface area (Å²) >= 11 is 17.8. The third-order valence-electron chi connectivity index (χ3n) is 3.08. The summed E-state index contributed by atoms with van der Waals surface area (Å²) in [6, 6.07) is 10.3. The summed E-state index contributed by atoms with van der Waals surface area (Å²) in [6.45, 7) is 6.22. The lowest BCUT2D eigenvalue weighted by Crippen LogP contribution is -2.21. The summed E-state index contributed by atoms with van der Waals surface area (Å²) < 4.78 is 5.52. The van der Waals surface area contributed by atoms with Crippen molar-refractivity contribution in [1.29, 1.82) is 0 Å². The zero-order chi connectivity index (χ0) is 18.4. The highest BCUT2D eigenvalue weighted by Gasteiger charge is 2.09. The Labute approximate surface area is 161 Å². The highest BCUT2D eigenvalue weighted by molar-refractivity contribution is 6.44. The molecule has 0 aromatic heterocycles. The largest absolute Gasteiger partial charge is 0.489 e. The molecule has 0 spiro atoms. The molecule has 0 fully saturated rings. The second kappa shape index (κ2) is 8.99. The molecule has 0 heterocycles. The summed E-state index contributed by atoms with van der Waals surface area (Å²) in [6.07, 6.45) is 0. The van der Waals surface area contributed by atoms with Crippen LogP contribution in [0.4, 0.5) is 11.4 Å². The van der Waals surface area contributed by atoms with E-state index in [4.69, 9.17) is 39.5 Å². The summed E-state index contributed by atoms with van der Waals surface area (Å²) in [5.41, 5.74) is 2.14. The molecule has 132 valence electrons. The van der Waals surface area contributed by atoms with Crippen LogP contribution in [-0.2, 0) is 4.79 Å². The molecule has 2 N–H and O–H groups in total. The van der Waals surface area contributed by atoms with E-state index >= 15 is 0 Å². The number of ether oxygens (including phenoxy) is 1. The van der Waals surface area contributed by atoms with Crippen molar-refractivity contribution in [2.75, 3.05) is 23.8 Å². The van der Waals surface area contributed by atoms with Crippen molar-refractivity contribution in [2.45, 2.75) is 6.92 Å². The molecule has 0 bridgehead atoms. The Balaban J connectivity index is 1.87. The van der Waals surface area contributed by atoms with Crippen LogP contribution in [0, 0.1) is 0 Å². The molecular weight excluding hydrogens is 383 g/mol. The van der Waals surface area contributed by atoms with Crippen LogP contribution in [0.1, 0.15) is 6.92 Å². The molecule has 1 amide bonds. The van der Waals surface area contributed by atoms with E-state index in [0.29, 0.717) is 27.4 Å². The number of amides is 1. The zero-order valence-electron chi connectivity index (χ0n) is 13.5. The molecule has 2 rings (SSSR count). The van der Waals surface area contributed by atoms with Gasteiger partial charge in [0.15, 0.2) is 0 Å². The van der Waals surface area contributed by atoms with Crippen molar-refractivity contribution in [1.82, 2.24) is 0 Å². The van der Waals surface area contributed by atoms with E-state index in [2.05, 4.69) is 17.2 Å². The molecule has 0 atom stereocenters. The third-order valence-corrected chi connectivity index (χ3v) is 4.11. The Morgan fingerprint density at radius 2 is 1.72 bits per heavy atom. The van der Waals surface area contributed by atoms with Crippen LogP contribution in [-0.4, -0.2) is 19.1 Å². The number of hydrogen-bond donors (Lipinski definition) is 2. The first-order valence-electron chi connectivity index (χ1n) is 7.40. The lowest BCUT2D eigenvalue weighted by molar-refractivity contribution is -0.114. The molecule has 7 heteroatoms. The molecule has 2 aromatic rings. The number of benzene rings is 2. The number of anilines is 2. The van der Waals surface area contributed by atoms with Gasteiger partial charge in [-0.2, -0.15) is 0 Å². The predicted octanol–water partition coefficient (Wildman–Crippen LogP) is 5.65. The Kier molecular flexibility index (Phi) is 7.00. The van der Waals surface area contributed by atoms with Crippen molar-refractivity contribution >= 4 is 52.1 Å². The van der Waals surface area contributed by atoms with Crippen LogP contribution in [0.15, 0.2) is 48.6 Å². The fraction of sp³-hybridized carbons (Fsp3) is 0.167. The smallest absolute Gasteiger partial charge is 0.243 e. The Hall–Kier alpha value is -1.88. The lowest BCUT2D eigenvalue weighted by atomic mass is 10.3. The molecule has 0 aliphatic rings. The third kappa shape index (κ3) is 6.16. The van der Waals surface area contributed by atoms with Crippen LogP contribution in [0.5, 0.6) is 5.75 Å². The van der Waals surface area contributed by atoms with Crippen molar-refractivity contribution < 1.29 is 9.53 Å². The number of rotatable bonds is 7. The molecule has 0 aliphatic carbocycles. The average molecular weight is 400 g/mol. The minimum absolute atomic E-state index is 0.0720. The quantitative estimate of drug-likeness (QED) is 0.467. The Morgan fingerprint density at radius 3 is 2.36 bits per heavy atom. The van der Waals surface area contributed by atoms with Gasteiger partial charge in [0.05, 0.1) is 27.3 Å². The van der Waals surface area contributed by atoms with Gasteiger partial charge in [-0.1, -0.05) is 41.4 Å². The van der Waals surface area contributed by atoms with Gasteiger partial charge in [-0.15, -0.1) is 0 Å². The minimum atomic E-state index is -0.261. The van der Waals surface area contributed by atoms with Crippen molar-refractivity contribution in [3.63, 3.8) is 0 Å². The highest BCUT2D eigenvalue weighted by atomic mass is 35.5. The van der Waals surface area contributed by atoms with Gasteiger partial charge in [0.25, 0.3) is 0 Å². The maximum atomic E-state index is 12.0. The SMILES string of the molecule is C=C(C)COc1ccc(NCC(=O)Nc2cc(Cl)c(Cl)cc2Cl)cc1. The molecule has 2 aromatic carbocycles. The summed E-state index contributed by atoms with van der Waals surface area (Å²) in [5.74, 6) is 0.475. The Morgan fingerprint density at radius 1 is 1.08 bits per heavy atom. The second-order valence-electron chi connectivity index (χ2n) is 5.42. The van der Waals surface area contributed by atoms with E-state index in [1.54, 1.807) is 0 Å². The van der Waals surface area contributed by atoms with E-state index in [1.807, 2.05) is 31.2 Å². The zero-order valence-corrected chi connectivity index (χ0v) is 15.8. The molecule has 0 aliphatic heterocycles. The van der Waals surface area contributed by atoms with Crippen LogP contribution in [0.3, 0.4) is 0 Å². The van der Waals surface area contributed by atoms with Crippen molar-refractivity contribution in [2.24, 2.45) is 0 Å². The van der Waals surface area contributed by atoms with E-state index in [9.17, 15) is 4.79 Å². The first-order valence-corrected chi connectivity index (χ1v) is 8.54. The molecule has 0 saturated heterocycles. The van der Waals surface area contributed by atoms with E-state index in [-0.39, 0.29) is 12.5 Å². The maximum Gasteiger partial charge on any atom is 0.243 e. The van der Waals surface area contributed by atoms with Crippen molar-refractivity contribution in [3.8, 4) is 5.75 Å². The lowest BCUT2D eigenvalue weighted by Gasteiger charge is -2.11. The highest BCUT2D eigenvalue weighted by Crippen LogP contribution is 2.32. The van der Waals surface area contributed by atoms with Gasteiger partial charge < -0.3 is 15.4 Å². The fourth-order valence-electron chi connectivity index (χ4n) is 1.87. The van der Waals surface area contributed by atoms with Crippen LogP contribution in [0.25, 0.3) is 0 Å². The topological polar surface area (TPSA) is 50.4 Å². The Bertz CT molecular complexity index is 777. The van der Waals surface area contributed by atoms with Crippen LogP contribution < -0.4 is 15.4 Å². The van der Waals surface area contributed by atoms with Gasteiger partial charge in [0, 0.05) is 5.69 Å². The van der Waals surface area contributed by atoms with Gasteiger partial charge in [-0.3, -0.25) is 4.79 Å². The summed E-state index contributed by atoms with van der Waals surface area (Å²) in [5, 5.41) is 6.67. The molecule has 0 radical (unpaired) electrons. The normalized spacial score (nSPS) is 10.2. The summed E-state index contributed by atoms with van der Waals surface area (Å²) in [7, 11) is 0. The van der Waals surface area contributed by atoms with Gasteiger partial charge >= 0.3 is 0 Å². The van der Waals surface area contributed by atoms with Gasteiger partial charge in [0.2, 0.25) is 5.91 Å². The van der Waals surface area contributed by atoms with Gasteiger partial charge in [-0.25, -0.2) is 0 Å².